The quantitative estimate of drug-likeness (QED) is 0.869. The van der Waals surface area contributed by atoms with Crippen molar-refractivity contribution in [3.05, 3.63) is 71.3 Å². The molecule has 0 fully saturated rings. The molecule has 104 valence electrons. The van der Waals surface area contributed by atoms with Crippen LogP contribution in [-0.4, -0.2) is 30.2 Å². The van der Waals surface area contributed by atoms with Gasteiger partial charge in [0.15, 0.2) is 0 Å². The van der Waals surface area contributed by atoms with Crippen molar-refractivity contribution in [2.75, 3.05) is 14.2 Å². The Bertz CT molecular complexity index is 566. The molecule has 0 aliphatic heterocycles. The van der Waals surface area contributed by atoms with E-state index in [1.807, 2.05) is 30.3 Å². The Morgan fingerprint density at radius 3 is 2.15 bits per heavy atom. The maximum atomic E-state index is 11.9. The molecule has 0 aromatic heterocycles. The maximum Gasteiger partial charge on any atom is 0.277 e. The molecule has 0 radical (unpaired) electrons. The standard InChI is InChI=1S/C16H17NO3/c1-17(20-2)16(19)14-10-8-13(9-11-14)15(18)12-6-4-3-5-7-12/h3-11,15,18H,1-2H3. The smallest absolute Gasteiger partial charge is 0.277 e. The van der Waals surface area contributed by atoms with Gasteiger partial charge in [0.2, 0.25) is 0 Å². The number of aliphatic hydroxyl groups is 1. The van der Waals surface area contributed by atoms with Gasteiger partial charge >= 0.3 is 0 Å². The van der Waals surface area contributed by atoms with E-state index in [9.17, 15) is 9.90 Å². The van der Waals surface area contributed by atoms with Gasteiger partial charge in [-0.15, -0.1) is 0 Å². The van der Waals surface area contributed by atoms with Crippen LogP contribution in [0.3, 0.4) is 0 Å². The van der Waals surface area contributed by atoms with Crippen LogP contribution in [0.4, 0.5) is 0 Å². The number of aliphatic hydroxyl groups excluding tert-OH is 1. The van der Waals surface area contributed by atoms with Crippen LogP contribution in [0.1, 0.15) is 27.6 Å². The molecule has 0 aliphatic rings. The lowest BCUT2D eigenvalue weighted by molar-refractivity contribution is -0.0757. The topological polar surface area (TPSA) is 49.8 Å². The van der Waals surface area contributed by atoms with Crippen LogP contribution in [0.25, 0.3) is 0 Å². The van der Waals surface area contributed by atoms with Crippen molar-refractivity contribution < 1.29 is 14.7 Å². The normalized spacial score (nSPS) is 11.9. The summed E-state index contributed by atoms with van der Waals surface area (Å²) in [5.41, 5.74) is 2.08. The van der Waals surface area contributed by atoms with Gasteiger partial charge in [0.25, 0.3) is 5.91 Å². The number of hydroxylamine groups is 2. The van der Waals surface area contributed by atoms with Crippen LogP contribution in [-0.2, 0) is 4.84 Å². The zero-order chi connectivity index (χ0) is 14.5. The molecule has 0 spiro atoms. The van der Waals surface area contributed by atoms with Crippen LogP contribution in [0, 0.1) is 0 Å². The molecule has 1 unspecified atom stereocenters. The maximum absolute atomic E-state index is 11.9. The lowest BCUT2D eigenvalue weighted by atomic mass is 10.0. The van der Waals surface area contributed by atoms with Crippen LogP contribution in [0.2, 0.25) is 0 Å². The summed E-state index contributed by atoms with van der Waals surface area (Å²) in [6, 6.07) is 16.2. The first-order chi connectivity index (χ1) is 9.63. The van der Waals surface area contributed by atoms with Crippen molar-refractivity contribution in [3.8, 4) is 0 Å². The summed E-state index contributed by atoms with van der Waals surface area (Å²) in [7, 11) is 2.99. The molecule has 1 N–H and O–H groups in total. The monoisotopic (exact) mass is 271 g/mol. The van der Waals surface area contributed by atoms with Gasteiger partial charge in [-0.25, -0.2) is 5.06 Å². The van der Waals surface area contributed by atoms with E-state index >= 15 is 0 Å². The fourth-order valence-corrected chi connectivity index (χ4v) is 1.90. The van der Waals surface area contributed by atoms with E-state index in [1.54, 1.807) is 31.3 Å². The Kier molecular flexibility index (Phi) is 4.50. The summed E-state index contributed by atoms with van der Waals surface area (Å²) in [6.45, 7) is 0. The Hall–Kier alpha value is -2.17. The summed E-state index contributed by atoms with van der Waals surface area (Å²) < 4.78 is 0. The van der Waals surface area contributed by atoms with Gasteiger partial charge in [-0.2, -0.15) is 0 Å². The van der Waals surface area contributed by atoms with E-state index in [4.69, 9.17) is 4.84 Å². The number of hydrogen-bond donors (Lipinski definition) is 1. The number of carbonyl (C=O) groups is 1. The van der Waals surface area contributed by atoms with Gasteiger partial charge in [-0.05, 0) is 23.3 Å². The van der Waals surface area contributed by atoms with E-state index in [0.29, 0.717) is 5.56 Å². The van der Waals surface area contributed by atoms with Crippen molar-refractivity contribution in [1.29, 1.82) is 0 Å². The second kappa shape index (κ2) is 6.32. The number of hydrogen-bond acceptors (Lipinski definition) is 3. The molecule has 2 rings (SSSR count). The molecule has 20 heavy (non-hydrogen) atoms. The SMILES string of the molecule is CON(C)C(=O)c1ccc(C(O)c2ccccc2)cc1. The fraction of sp³-hybridized carbons (Fsp3) is 0.188. The molecule has 4 heteroatoms. The minimum absolute atomic E-state index is 0.228. The van der Waals surface area contributed by atoms with E-state index in [-0.39, 0.29) is 5.91 Å². The summed E-state index contributed by atoms with van der Waals surface area (Å²) in [6.07, 6.45) is -0.694. The third-order valence-corrected chi connectivity index (χ3v) is 3.15. The lowest BCUT2D eigenvalue weighted by Gasteiger charge is -2.15. The highest BCUT2D eigenvalue weighted by atomic mass is 16.7. The van der Waals surface area contributed by atoms with Crippen molar-refractivity contribution >= 4 is 5.91 Å². The van der Waals surface area contributed by atoms with Gasteiger partial charge < -0.3 is 5.11 Å². The number of nitrogens with zero attached hydrogens (tertiary/aromatic N) is 1. The highest BCUT2D eigenvalue weighted by Crippen LogP contribution is 2.22. The number of carbonyl (C=O) groups excluding carboxylic acids is 1. The van der Waals surface area contributed by atoms with E-state index in [0.717, 1.165) is 16.2 Å². The van der Waals surface area contributed by atoms with Gasteiger partial charge in [-0.1, -0.05) is 42.5 Å². The van der Waals surface area contributed by atoms with Crippen molar-refractivity contribution in [3.63, 3.8) is 0 Å². The molecule has 4 nitrogen and oxygen atoms in total. The first-order valence-corrected chi connectivity index (χ1v) is 6.28. The average Bonchev–Trinajstić information content (AvgIpc) is 2.53. The van der Waals surface area contributed by atoms with Crippen LogP contribution in [0.5, 0.6) is 0 Å². The molecular weight excluding hydrogens is 254 g/mol. The summed E-state index contributed by atoms with van der Waals surface area (Å²) >= 11 is 0. The predicted octanol–water partition coefficient (Wildman–Crippen LogP) is 2.40. The highest BCUT2D eigenvalue weighted by molar-refractivity contribution is 5.93. The molecular formula is C16H17NO3. The largest absolute Gasteiger partial charge is 0.384 e. The van der Waals surface area contributed by atoms with Crippen LogP contribution < -0.4 is 0 Å². The Labute approximate surface area is 118 Å². The first-order valence-electron chi connectivity index (χ1n) is 6.28. The highest BCUT2D eigenvalue weighted by Gasteiger charge is 2.13. The van der Waals surface area contributed by atoms with Crippen molar-refractivity contribution in [1.82, 2.24) is 5.06 Å². The number of amides is 1. The van der Waals surface area contributed by atoms with E-state index in [2.05, 4.69) is 0 Å². The molecule has 1 amide bonds. The average molecular weight is 271 g/mol. The number of benzene rings is 2. The van der Waals surface area contributed by atoms with E-state index in [1.165, 1.54) is 7.11 Å². The second-order valence-electron chi connectivity index (χ2n) is 4.42. The van der Waals surface area contributed by atoms with Gasteiger partial charge in [0.1, 0.15) is 6.10 Å². The summed E-state index contributed by atoms with van der Waals surface area (Å²) in [4.78, 5) is 16.7. The molecule has 2 aromatic rings. The van der Waals surface area contributed by atoms with Crippen molar-refractivity contribution in [2.45, 2.75) is 6.10 Å². The molecule has 0 bridgehead atoms. The summed E-state index contributed by atoms with van der Waals surface area (Å²) in [5.74, 6) is -0.228. The molecule has 0 heterocycles. The minimum Gasteiger partial charge on any atom is -0.384 e. The second-order valence-corrected chi connectivity index (χ2v) is 4.42. The predicted molar refractivity (Wildman–Crippen MR) is 76.0 cm³/mol. The first kappa shape index (κ1) is 14.2. The Balaban J connectivity index is 2.18. The summed E-state index contributed by atoms with van der Waals surface area (Å²) in [5, 5.41) is 11.4. The third kappa shape index (κ3) is 3.04. The van der Waals surface area contributed by atoms with Crippen LogP contribution >= 0.6 is 0 Å². The minimum atomic E-state index is -0.694. The molecule has 0 aliphatic carbocycles. The Morgan fingerprint density at radius 2 is 1.60 bits per heavy atom. The molecule has 2 aromatic carbocycles. The van der Waals surface area contributed by atoms with Crippen LogP contribution in [0.15, 0.2) is 54.6 Å². The fourth-order valence-electron chi connectivity index (χ4n) is 1.90. The van der Waals surface area contributed by atoms with Gasteiger partial charge in [0, 0.05) is 12.6 Å². The zero-order valence-electron chi connectivity index (χ0n) is 11.5. The van der Waals surface area contributed by atoms with Crippen molar-refractivity contribution in [2.24, 2.45) is 0 Å². The zero-order valence-corrected chi connectivity index (χ0v) is 11.5. The number of rotatable bonds is 4. The molecule has 0 saturated heterocycles. The lowest BCUT2D eigenvalue weighted by Crippen LogP contribution is -2.25. The van der Waals surface area contributed by atoms with Gasteiger partial charge in [0.05, 0.1) is 7.11 Å². The van der Waals surface area contributed by atoms with E-state index < -0.39 is 6.10 Å². The molecule has 0 saturated carbocycles. The third-order valence-electron chi connectivity index (χ3n) is 3.15. The van der Waals surface area contributed by atoms with Gasteiger partial charge in [-0.3, -0.25) is 9.63 Å². The molecule has 1 atom stereocenters. The Morgan fingerprint density at radius 1 is 1.05 bits per heavy atom.